The first kappa shape index (κ1) is 25.8. The number of rotatable bonds is 7. The lowest BCUT2D eigenvalue weighted by molar-refractivity contribution is -0.0747. The van der Waals surface area contributed by atoms with Gasteiger partial charge in [0.05, 0.1) is 4.90 Å². The number of aliphatic hydroxyl groups is 2. The van der Waals surface area contributed by atoms with Crippen LogP contribution in [0, 0.1) is 0 Å². The van der Waals surface area contributed by atoms with E-state index in [1.165, 1.54) is 12.2 Å². The Bertz CT molecular complexity index is 1360. The van der Waals surface area contributed by atoms with Gasteiger partial charge in [-0.05, 0) is 67.0 Å². The molecular weight excluding hydrogens is 482 g/mol. The molecule has 1 aliphatic carbocycles. The fraction of sp³-hybridized carbons (Fsp3) is 0.217. The second-order valence-electron chi connectivity index (χ2n) is 7.61. The summed E-state index contributed by atoms with van der Waals surface area (Å²) in [4.78, 5) is 0.669. The summed E-state index contributed by atoms with van der Waals surface area (Å²) in [6.07, 6.45) is 4.93. The Kier molecular flexibility index (Phi) is 7.18. The molecule has 4 N–H and O–H groups in total. The third-order valence-electron chi connectivity index (χ3n) is 5.39. The summed E-state index contributed by atoms with van der Waals surface area (Å²) in [6.45, 7) is 5.56. The maximum Gasteiger partial charge on any atom is 0.295 e. The van der Waals surface area contributed by atoms with Crippen molar-refractivity contribution in [3.8, 4) is 0 Å². The molecule has 0 atom stereocenters. The highest BCUT2D eigenvalue weighted by molar-refractivity contribution is 7.86. The standard InChI is InChI=1S/C23H25NO8S2/c1-3-24(4-2)18-7-5-16(6-8-18)22(17-11-13-23(25,26)14-12-17)20-10-9-19(33(27,28)29)15-21(20)34(30,31)32/h5-15,25-26H,3-4H2,1-2H3,(H,27,28,29)(H,30,31,32). The molecule has 2 aromatic carbocycles. The van der Waals surface area contributed by atoms with Crippen molar-refractivity contribution in [3.05, 3.63) is 83.5 Å². The SMILES string of the molecule is CCN(CC)c1ccc(C(=C2C=CC(O)(O)C=C2)c2ccc(S(=O)(=O)O)cc2S(=O)(=O)O)cc1. The largest absolute Gasteiger partial charge is 0.372 e. The minimum atomic E-state index is -4.93. The summed E-state index contributed by atoms with van der Waals surface area (Å²) in [6, 6.07) is 9.99. The highest BCUT2D eigenvalue weighted by Gasteiger charge is 2.26. The molecule has 0 aromatic heterocycles. The number of benzene rings is 2. The molecule has 1 aliphatic rings. The normalized spacial score (nSPS) is 15.4. The van der Waals surface area contributed by atoms with Crippen molar-refractivity contribution in [2.75, 3.05) is 18.0 Å². The number of anilines is 1. The Morgan fingerprint density at radius 2 is 1.41 bits per heavy atom. The van der Waals surface area contributed by atoms with Crippen LogP contribution in [-0.2, 0) is 20.2 Å². The van der Waals surface area contributed by atoms with E-state index < -0.39 is 35.8 Å². The molecule has 34 heavy (non-hydrogen) atoms. The molecule has 0 radical (unpaired) electrons. The predicted molar refractivity (Wildman–Crippen MR) is 128 cm³/mol. The molecule has 0 saturated heterocycles. The van der Waals surface area contributed by atoms with Gasteiger partial charge in [-0.3, -0.25) is 9.11 Å². The van der Waals surface area contributed by atoms with Crippen LogP contribution in [0.1, 0.15) is 25.0 Å². The zero-order chi connectivity index (χ0) is 25.3. The lowest BCUT2D eigenvalue weighted by Gasteiger charge is -2.23. The van der Waals surface area contributed by atoms with Gasteiger partial charge in [0, 0.05) is 24.3 Å². The van der Waals surface area contributed by atoms with Crippen LogP contribution >= 0.6 is 0 Å². The zero-order valence-corrected chi connectivity index (χ0v) is 20.1. The maximum atomic E-state index is 12.2. The average molecular weight is 508 g/mol. The van der Waals surface area contributed by atoms with Gasteiger partial charge in [-0.1, -0.05) is 30.4 Å². The molecule has 0 bridgehead atoms. The first-order chi connectivity index (χ1) is 15.8. The Morgan fingerprint density at radius 3 is 1.88 bits per heavy atom. The quantitative estimate of drug-likeness (QED) is 0.327. The van der Waals surface area contributed by atoms with Gasteiger partial charge < -0.3 is 15.1 Å². The summed E-state index contributed by atoms with van der Waals surface area (Å²) >= 11 is 0. The molecule has 182 valence electrons. The first-order valence-corrected chi connectivity index (χ1v) is 13.2. The van der Waals surface area contributed by atoms with E-state index in [0.717, 1.165) is 43.1 Å². The fourth-order valence-corrected chi connectivity index (χ4v) is 5.00. The third-order valence-corrected chi connectivity index (χ3v) is 7.13. The topological polar surface area (TPSA) is 152 Å². The first-order valence-electron chi connectivity index (χ1n) is 10.3. The van der Waals surface area contributed by atoms with E-state index >= 15 is 0 Å². The predicted octanol–water partition coefficient (Wildman–Crippen LogP) is 2.64. The molecule has 0 saturated carbocycles. The van der Waals surface area contributed by atoms with E-state index in [0.29, 0.717) is 17.2 Å². The van der Waals surface area contributed by atoms with Crippen LogP contribution in [0.4, 0.5) is 5.69 Å². The summed E-state index contributed by atoms with van der Waals surface area (Å²) in [5.74, 6) is -2.19. The van der Waals surface area contributed by atoms with Crippen molar-refractivity contribution >= 4 is 31.5 Å². The summed E-state index contributed by atoms with van der Waals surface area (Å²) in [7, 11) is -9.67. The lowest BCUT2D eigenvalue weighted by Crippen LogP contribution is -2.23. The van der Waals surface area contributed by atoms with Gasteiger partial charge in [0.15, 0.2) is 0 Å². The molecule has 0 amide bonds. The van der Waals surface area contributed by atoms with E-state index in [-0.39, 0.29) is 11.1 Å². The van der Waals surface area contributed by atoms with Crippen molar-refractivity contribution in [1.29, 1.82) is 0 Å². The summed E-state index contributed by atoms with van der Waals surface area (Å²) < 4.78 is 66.8. The minimum Gasteiger partial charge on any atom is -0.372 e. The van der Waals surface area contributed by atoms with Gasteiger partial charge in [-0.25, -0.2) is 0 Å². The van der Waals surface area contributed by atoms with E-state index in [2.05, 4.69) is 4.90 Å². The van der Waals surface area contributed by atoms with Gasteiger partial charge in [-0.15, -0.1) is 0 Å². The smallest absolute Gasteiger partial charge is 0.295 e. The Morgan fingerprint density at radius 1 is 0.853 bits per heavy atom. The van der Waals surface area contributed by atoms with E-state index in [1.807, 2.05) is 26.0 Å². The molecule has 3 rings (SSSR count). The number of hydrogen-bond donors (Lipinski definition) is 4. The number of allylic oxidation sites excluding steroid dienone is 3. The summed E-state index contributed by atoms with van der Waals surface area (Å²) in [5, 5.41) is 19.6. The number of hydrogen-bond acceptors (Lipinski definition) is 7. The van der Waals surface area contributed by atoms with Crippen LogP contribution in [0.15, 0.2) is 82.1 Å². The fourth-order valence-electron chi connectivity index (χ4n) is 3.69. The van der Waals surface area contributed by atoms with Crippen molar-refractivity contribution in [2.45, 2.75) is 29.4 Å². The van der Waals surface area contributed by atoms with Crippen LogP contribution in [0.25, 0.3) is 5.57 Å². The van der Waals surface area contributed by atoms with Gasteiger partial charge in [0.1, 0.15) is 4.90 Å². The zero-order valence-electron chi connectivity index (χ0n) is 18.5. The molecule has 9 nitrogen and oxygen atoms in total. The van der Waals surface area contributed by atoms with E-state index in [9.17, 15) is 36.2 Å². The lowest BCUT2D eigenvalue weighted by atomic mass is 9.90. The molecule has 0 fully saturated rings. The number of nitrogens with zero attached hydrogens (tertiary/aromatic N) is 1. The highest BCUT2D eigenvalue weighted by Crippen LogP contribution is 2.36. The van der Waals surface area contributed by atoms with Crippen LogP contribution in [0.2, 0.25) is 0 Å². The third kappa shape index (κ3) is 5.63. The van der Waals surface area contributed by atoms with Gasteiger partial charge in [-0.2, -0.15) is 16.8 Å². The molecule has 0 spiro atoms. The molecule has 11 heteroatoms. The Balaban J connectivity index is 2.32. The molecule has 0 heterocycles. The Hall–Kier alpha value is -2.80. The van der Waals surface area contributed by atoms with Crippen LogP contribution in [-0.4, -0.2) is 55.0 Å². The monoisotopic (exact) mass is 507 g/mol. The van der Waals surface area contributed by atoms with Gasteiger partial charge in [0.2, 0.25) is 5.79 Å². The van der Waals surface area contributed by atoms with Crippen LogP contribution < -0.4 is 4.90 Å². The second-order valence-corrected chi connectivity index (χ2v) is 10.4. The van der Waals surface area contributed by atoms with Crippen molar-refractivity contribution in [2.24, 2.45) is 0 Å². The summed E-state index contributed by atoms with van der Waals surface area (Å²) in [5.41, 5.74) is 2.06. The van der Waals surface area contributed by atoms with E-state index in [1.54, 1.807) is 12.1 Å². The van der Waals surface area contributed by atoms with Crippen molar-refractivity contribution < 1.29 is 36.2 Å². The molecule has 0 aliphatic heterocycles. The van der Waals surface area contributed by atoms with E-state index in [4.69, 9.17) is 0 Å². The van der Waals surface area contributed by atoms with Crippen LogP contribution in [0.5, 0.6) is 0 Å². The maximum absolute atomic E-state index is 12.2. The highest BCUT2D eigenvalue weighted by atomic mass is 32.2. The minimum absolute atomic E-state index is 0.0434. The van der Waals surface area contributed by atoms with Gasteiger partial charge in [0.25, 0.3) is 20.2 Å². The van der Waals surface area contributed by atoms with Gasteiger partial charge >= 0.3 is 0 Å². The second kappa shape index (κ2) is 9.45. The molecule has 2 aromatic rings. The Labute approximate surface area is 198 Å². The van der Waals surface area contributed by atoms with Crippen molar-refractivity contribution in [1.82, 2.24) is 0 Å². The molecule has 0 unspecified atom stereocenters. The molecular formula is C23H25NO8S2. The van der Waals surface area contributed by atoms with Crippen LogP contribution in [0.3, 0.4) is 0 Å². The van der Waals surface area contributed by atoms with Crippen molar-refractivity contribution in [3.63, 3.8) is 0 Å². The average Bonchev–Trinajstić information content (AvgIpc) is 2.75.